The van der Waals surface area contributed by atoms with Crippen LogP contribution in [0.3, 0.4) is 0 Å². The van der Waals surface area contributed by atoms with E-state index in [1.165, 1.54) is 25.7 Å². The summed E-state index contributed by atoms with van der Waals surface area (Å²) >= 11 is 0. The van der Waals surface area contributed by atoms with E-state index in [1.807, 2.05) is 0 Å². The Morgan fingerprint density at radius 1 is 1.13 bits per heavy atom. The van der Waals surface area contributed by atoms with Crippen LogP contribution in [0.15, 0.2) is 0 Å². The molecule has 0 aromatic rings. The Balaban J connectivity index is 1.76. The first kappa shape index (κ1) is 11.3. The molecule has 1 atom stereocenters. The van der Waals surface area contributed by atoms with Crippen molar-refractivity contribution in [3.8, 4) is 0 Å². The van der Waals surface area contributed by atoms with Gasteiger partial charge in [0, 0.05) is 19.0 Å². The highest BCUT2D eigenvalue weighted by atomic mass is 19.3. The molecule has 2 heterocycles. The Bertz CT molecular complexity index is 198. The van der Waals surface area contributed by atoms with Crippen molar-refractivity contribution in [3.63, 3.8) is 0 Å². The summed E-state index contributed by atoms with van der Waals surface area (Å²) in [6, 6.07) is -0.00176. The highest BCUT2D eigenvalue weighted by Gasteiger charge is 2.39. The molecule has 2 aliphatic heterocycles. The average molecular weight is 218 g/mol. The summed E-state index contributed by atoms with van der Waals surface area (Å²) < 4.78 is 25.9. The molecule has 2 aliphatic rings. The maximum atomic E-state index is 12.9. The van der Waals surface area contributed by atoms with Crippen LogP contribution < -0.4 is 5.32 Å². The number of rotatable bonds is 2. The molecule has 4 heteroatoms. The van der Waals surface area contributed by atoms with Crippen molar-refractivity contribution in [1.82, 2.24) is 10.2 Å². The fourth-order valence-electron chi connectivity index (χ4n) is 2.56. The lowest BCUT2D eigenvalue weighted by Crippen LogP contribution is -2.37. The molecule has 2 saturated heterocycles. The van der Waals surface area contributed by atoms with Gasteiger partial charge in [-0.1, -0.05) is 12.8 Å². The molecule has 2 nitrogen and oxygen atoms in total. The van der Waals surface area contributed by atoms with Crippen LogP contribution in [0, 0.1) is 0 Å². The summed E-state index contributed by atoms with van der Waals surface area (Å²) in [7, 11) is 0. The number of likely N-dealkylation sites (tertiary alicyclic amines) is 1. The summed E-state index contributed by atoms with van der Waals surface area (Å²) in [5.74, 6) is -2.48. The number of hydrogen-bond acceptors (Lipinski definition) is 2. The Kier molecular flexibility index (Phi) is 3.57. The lowest BCUT2D eigenvalue weighted by Gasteiger charge is -2.23. The van der Waals surface area contributed by atoms with E-state index < -0.39 is 5.92 Å². The minimum atomic E-state index is -2.48. The van der Waals surface area contributed by atoms with Crippen LogP contribution in [-0.4, -0.2) is 43.0 Å². The van der Waals surface area contributed by atoms with Crippen LogP contribution in [0.2, 0.25) is 0 Å². The van der Waals surface area contributed by atoms with E-state index in [9.17, 15) is 8.78 Å². The molecule has 0 radical (unpaired) electrons. The summed E-state index contributed by atoms with van der Waals surface area (Å²) in [6.07, 6.45) is 5.06. The molecule has 0 saturated carbocycles. The maximum Gasteiger partial charge on any atom is 0.261 e. The first-order valence-electron chi connectivity index (χ1n) is 5.99. The minimum Gasteiger partial charge on any atom is -0.307 e. The van der Waals surface area contributed by atoms with Crippen LogP contribution in [-0.2, 0) is 0 Å². The van der Waals surface area contributed by atoms with E-state index in [0.29, 0.717) is 0 Å². The molecule has 0 aromatic carbocycles. The van der Waals surface area contributed by atoms with Crippen LogP contribution in [0.4, 0.5) is 8.78 Å². The third-order valence-corrected chi connectivity index (χ3v) is 3.37. The van der Waals surface area contributed by atoms with E-state index >= 15 is 0 Å². The molecular weight excluding hydrogens is 198 g/mol. The van der Waals surface area contributed by atoms with Crippen molar-refractivity contribution >= 4 is 0 Å². The van der Waals surface area contributed by atoms with E-state index in [2.05, 4.69) is 10.2 Å². The average Bonchev–Trinajstić information content (AvgIpc) is 2.41. The molecule has 0 amide bonds. The molecule has 15 heavy (non-hydrogen) atoms. The van der Waals surface area contributed by atoms with Crippen molar-refractivity contribution < 1.29 is 8.78 Å². The topological polar surface area (TPSA) is 15.3 Å². The van der Waals surface area contributed by atoms with Crippen molar-refractivity contribution in [2.75, 3.05) is 26.2 Å². The predicted octanol–water partition coefficient (Wildman–Crippen LogP) is 1.86. The fraction of sp³-hybridized carbons (Fsp3) is 1.00. The molecule has 0 unspecified atom stereocenters. The highest BCUT2D eigenvalue weighted by Crippen LogP contribution is 2.25. The van der Waals surface area contributed by atoms with E-state index in [1.54, 1.807) is 0 Å². The zero-order valence-electron chi connectivity index (χ0n) is 9.14. The summed E-state index contributed by atoms with van der Waals surface area (Å²) in [4.78, 5) is 2.34. The summed E-state index contributed by atoms with van der Waals surface area (Å²) in [6.45, 7) is 2.84. The third-order valence-electron chi connectivity index (χ3n) is 3.37. The second kappa shape index (κ2) is 4.74. The standard InChI is InChI=1S/C11H20F2N2/c12-11(13)7-10(14-9-11)8-15-5-3-1-2-4-6-15/h10,14H,1-9H2/t10-/m0/s1. The van der Waals surface area contributed by atoms with Crippen molar-refractivity contribution in [2.24, 2.45) is 0 Å². The smallest absolute Gasteiger partial charge is 0.261 e. The lowest BCUT2D eigenvalue weighted by atomic mass is 10.2. The van der Waals surface area contributed by atoms with Gasteiger partial charge in [-0.2, -0.15) is 0 Å². The van der Waals surface area contributed by atoms with E-state index in [0.717, 1.165) is 19.6 Å². The van der Waals surface area contributed by atoms with E-state index in [4.69, 9.17) is 0 Å². The zero-order valence-corrected chi connectivity index (χ0v) is 9.14. The van der Waals surface area contributed by atoms with Gasteiger partial charge in [-0.15, -0.1) is 0 Å². The van der Waals surface area contributed by atoms with Crippen molar-refractivity contribution in [2.45, 2.75) is 44.1 Å². The van der Waals surface area contributed by atoms with Crippen LogP contribution in [0.1, 0.15) is 32.1 Å². The number of nitrogens with one attached hydrogen (secondary N) is 1. The van der Waals surface area contributed by atoms with Crippen molar-refractivity contribution in [3.05, 3.63) is 0 Å². The van der Waals surface area contributed by atoms with Gasteiger partial charge in [0.25, 0.3) is 5.92 Å². The van der Waals surface area contributed by atoms with Gasteiger partial charge in [-0.3, -0.25) is 0 Å². The van der Waals surface area contributed by atoms with Gasteiger partial charge in [-0.25, -0.2) is 8.78 Å². The Morgan fingerprint density at radius 3 is 2.33 bits per heavy atom. The molecule has 88 valence electrons. The summed E-state index contributed by atoms with van der Waals surface area (Å²) in [5.41, 5.74) is 0. The van der Waals surface area contributed by atoms with Gasteiger partial charge in [0.05, 0.1) is 6.54 Å². The van der Waals surface area contributed by atoms with Crippen LogP contribution in [0.25, 0.3) is 0 Å². The Hall–Kier alpha value is -0.220. The maximum absolute atomic E-state index is 12.9. The van der Waals surface area contributed by atoms with Gasteiger partial charge in [0.1, 0.15) is 0 Å². The van der Waals surface area contributed by atoms with Gasteiger partial charge in [0.15, 0.2) is 0 Å². The van der Waals surface area contributed by atoms with Gasteiger partial charge < -0.3 is 10.2 Å². The second-order valence-corrected chi connectivity index (χ2v) is 4.85. The lowest BCUT2D eigenvalue weighted by molar-refractivity contribution is 0.0200. The van der Waals surface area contributed by atoms with Crippen LogP contribution >= 0.6 is 0 Å². The SMILES string of the molecule is FC1(F)CN[C@H](CN2CCCCCC2)C1. The Labute approximate surface area is 90.0 Å². The van der Waals surface area contributed by atoms with E-state index in [-0.39, 0.29) is 19.0 Å². The third kappa shape index (κ3) is 3.38. The van der Waals surface area contributed by atoms with Gasteiger partial charge >= 0.3 is 0 Å². The predicted molar refractivity (Wildman–Crippen MR) is 56.3 cm³/mol. The minimum absolute atomic E-state index is 0.00176. The second-order valence-electron chi connectivity index (χ2n) is 4.85. The molecule has 1 N–H and O–H groups in total. The molecule has 2 fully saturated rings. The van der Waals surface area contributed by atoms with Crippen LogP contribution in [0.5, 0.6) is 0 Å². The number of hydrogen-bond donors (Lipinski definition) is 1. The highest BCUT2D eigenvalue weighted by molar-refractivity contribution is 4.89. The normalized spacial score (nSPS) is 32.8. The molecule has 0 bridgehead atoms. The quantitative estimate of drug-likeness (QED) is 0.761. The molecule has 0 aliphatic carbocycles. The molecular formula is C11H20F2N2. The number of halogens is 2. The molecule has 0 spiro atoms. The largest absolute Gasteiger partial charge is 0.307 e. The van der Waals surface area contributed by atoms with Gasteiger partial charge in [-0.05, 0) is 25.9 Å². The zero-order chi connectivity index (χ0) is 10.7. The fourth-order valence-corrected chi connectivity index (χ4v) is 2.56. The summed E-state index contributed by atoms with van der Waals surface area (Å²) in [5, 5.41) is 2.92. The first-order valence-corrected chi connectivity index (χ1v) is 5.99. The molecule has 0 aromatic heterocycles. The number of nitrogens with zero attached hydrogens (tertiary/aromatic N) is 1. The molecule has 2 rings (SSSR count). The Morgan fingerprint density at radius 2 is 1.80 bits per heavy atom. The van der Waals surface area contributed by atoms with Crippen molar-refractivity contribution in [1.29, 1.82) is 0 Å². The van der Waals surface area contributed by atoms with Gasteiger partial charge in [0.2, 0.25) is 0 Å². The monoisotopic (exact) mass is 218 g/mol. The number of alkyl halides is 2. The first-order chi connectivity index (χ1) is 7.16.